The van der Waals surface area contributed by atoms with E-state index in [0.29, 0.717) is 0 Å². The SMILES string of the molecule is CN(CC(=O)NC1(c2ccc(F)cc2)CCCC1)S(=O)(=O)c1ccc(Br)cc1. The summed E-state index contributed by atoms with van der Waals surface area (Å²) in [5.74, 6) is -0.710. The van der Waals surface area contributed by atoms with Gasteiger partial charge in [-0.15, -0.1) is 0 Å². The normalized spacial score (nSPS) is 16.3. The Kier molecular flexibility index (Phi) is 6.21. The van der Waals surface area contributed by atoms with Crippen LogP contribution in [0.1, 0.15) is 31.2 Å². The molecule has 1 fully saturated rings. The number of likely N-dealkylation sites (N-methyl/N-ethyl adjacent to an activating group) is 1. The van der Waals surface area contributed by atoms with Crippen molar-refractivity contribution in [3.8, 4) is 0 Å². The van der Waals surface area contributed by atoms with Crippen LogP contribution in [0.3, 0.4) is 0 Å². The Bertz CT molecular complexity index is 940. The Labute approximate surface area is 173 Å². The highest BCUT2D eigenvalue weighted by Gasteiger charge is 2.37. The Hall–Kier alpha value is -1.77. The quantitative estimate of drug-likeness (QED) is 0.700. The second-order valence-corrected chi connectivity index (χ2v) is 10.0. The van der Waals surface area contributed by atoms with Gasteiger partial charge in [-0.05, 0) is 54.8 Å². The fraction of sp³-hybridized carbons (Fsp3) is 0.350. The summed E-state index contributed by atoms with van der Waals surface area (Å²) in [6.07, 6.45) is 3.39. The molecule has 1 aliphatic rings. The highest BCUT2D eigenvalue weighted by atomic mass is 79.9. The third-order valence-electron chi connectivity index (χ3n) is 5.12. The van der Waals surface area contributed by atoms with Gasteiger partial charge < -0.3 is 5.32 Å². The van der Waals surface area contributed by atoms with Gasteiger partial charge in [-0.2, -0.15) is 4.31 Å². The molecule has 0 aromatic heterocycles. The summed E-state index contributed by atoms with van der Waals surface area (Å²) in [4.78, 5) is 12.8. The lowest BCUT2D eigenvalue weighted by atomic mass is 9.88. The molecule has 0 spiro atoms. The molecule has 0 unspecified atom stereocenters. The van der Waals surface area contributed by atoms with Crippen LogP contribution in [0, 0.1) is 5.82 Å². The maximum atomic E-state index is 13.3. The first kappa shape index (κ1) is 21.0. The van der Waals surface area contributed by atoms with Crippen molar-refractivity contribution in [2.75, 3.05) is 13.6 Å². The van der Waals surface area contributed by atoms with Gasteiger partial charge in [0.1, 0.15) is 5.82 Å². The van der Waals surface area contributed by atoms with E-state index in [0.717, 1.165) is 40.0 Å². The van der Waals surface area contributed by atoms with Crippen LogP contribution in [0.4, 0.5) is 4.39 Å². The highest BCUT2D eigenvalue weighted by Crippen LogP contribution is 2.38. The lowest BCUT2D eigenvalue weighted by Gasteiger charge is -2.32. The molecule has 0 bridgehead atoms. The standard InChI is InChI=1S/C20H22BrFN2O3S/c1-24(28(26,27)18-10-6-16(21)7-11-18)14-19(25)23-20(12-2-3-13-20)15-4-8-17(22)9-5-15/h4-11H,2-3,12-14H2,1H3,(H,23,25). The zero-order valence-corrected chi connectivity index (χ0v) is 17.9. The second-order valence-electron chi connectivity index (χ2n) is 7.06. The molecule has 150 valence electrons. The van der Waals surface area contributed by atoms with Crippen LogP contribution in [0.2, 0.25) is 0 Å². The monoisotopic (exact) mass is 468 g/mol. The van der Waals surface area contributed by atoms with Gasteiger partial charge in [0.2, 0.25) is 15.9 Å². The van der Waals surface area contributed by atoms with E-state index in [1.54, 1.807) is 24.3 Å². The number of halogens is 2. The number of hydrogen-bond donors (Lipinski definition) is 1. The average molecular weight is 469 g/mol. The summed E-state index contributed by atoms with van der Waals surface area (Å²) in [5, 5.41) is 3.02. The molecule has 0 atom stereocenters. The highest BCUT2D eigenvalue weighted by molar-refractivity contribution is 9.10. The van der Waals surface area contributed by atoms with Crippen molar-refractivity contribution < 1.29 is 17.6 Å². The van der Waals surface area contributed by atoms with Crippen molar-refractivity contribution in [2.24, 2.45) is 0 Å². The molecule has 28 heavy (non-hydrogen) atoms. The Morgan fingerprint density at radius 1 is 1.11 bits per heavy atom. The predicted molar refractivity (Wildman–Crippen MR) is 109 cm³/mol. The Morgan fingerprint density at radius 3 is 2.25 bits per heavy atom. The van der Waals surface area contributed by atoms with Gasteiger partial charge in [-0.1, -0.05) is 40.9 Å². The van der Waals surface area contributed by atoms with Gasteiger partial charge in [-0.25, -0.2) is 12.8 Å². The van der Waals surface area contributed by atoms with Gasteiger partial charge in [0.15, 0.2) is 0 Å². The largest absolute Gasteiger partial charge is 0.345 e. The van der Waals surface area contributed by atoms with E-state index in [4.69, 9.17) is 0 Å². The summed E-state index contributed by atoms with van der Waals surface area (Å²) in [7, 11) is -2.39. The minimum atomic E-state index is -3.77. The third-order valence-corrected chi connectivity index (χ3v) is 7.47. The zero-order chi connectivity index (χ0) is 20.4. The predicted octanol–water partition coefficient (Wildman–Crippen LogP) is 3.79. The number of carbonyl (C=O) groups is 1. The first-order valence-electron chi connectivity index (χ1n) is 9.02. The number of benzene rings is 2. The molecule has 8 heteroatoms. The molecule has 1 N–H and O–H groups in total. The maximum absolute atomic E-state index is 13.3. The van der Waals surface area contributed by atoms with E-state index in [2.05, 4.69) is 21.2 Å². The number of sulfonamides is 1. The Balaban J connectivity index is 1.74. The molecule has 0 radical (unpaired) electrons. The van der Waals surface area contributed by atoms with Gasteiger partial charge in [0.05, 0.1) is 17.0 Å². The van der Waals surface area contributed by atoms with Crippen molar-refractivity contribution in [3.05, 3.63) is 64.4 Å². The first-order valence-corrected chi connectivity index (χ1v) is 11.3. The Morgan fingerprint density at radius 2 is 1.68 bits per heavy atom. The summed E-state index contributed by atoms with van der Waals surface area (Å²) in [5.41, 5.74) is 0.269. The van der Waals surface area contributed by atoms with E-state index in [1.807, 2.05) is 0 Å². The molecule has 1 saturated carbocycles. The fourth-order valence-electron chi connectivity index (χ4n) is 3.61. The minimum Gasteiger partial charge on any atom is -0.345 e. The van der Waals surface area contributed by atoms with Crippen LogP contribution in [0.15, 0.2) is 57.9 Å². The molecular weight excluding hydrogens is 447 g/mol. The van der Waals surface area contributed by atoms with E-state index < -0.39 is 15.6 Å². The lowest BCUT2D eigenvalue weighted by molar-refractivity contribution is -0.123. The van der Waals surface area contributed by atoms with Crippen molar-refractivity contribution in [1.29, 1.82) is 0 Å². The molecule has 0 aliphatic heterocycles. The number of amides is 1. The first-order chi connectivity index (χ1) is 13.2. The number of rotatable bonds is 6. The van der Waals surface area contributed by atoms with Crippen molar-refractivity contribution in [3.63, 3.8) is 0 Å². The molecule has 1 aliphatic carbocycles. The summed E-state index contributed by atoms with van der Waals surface area (Å²) in [6.45, 7) is -0.290. The summed E-state index contributed by atoms with van der Waals surface area (Å²) in [6, 6.07) is 12.4. The van der Waals surface area contributed by atoms with Crippen LogP contribution in [0.5, 0.6) is 0 Å². The van der Waals surface area contributed by atoms with Gasteiger partial charge >= 0.3 is 0 Å². The number of nitrogens with zero attached hydrogens (tertiary/aromatic N) is 1. The van der Waals surface area contributed by atoms with Gasteiger partial charge in [0, 0.05) is 11.5 Å². The smallest absolute Gasteiger partial charge is 0.243 e. The summed E-state index contributed by atoms with van der Waals surface area (Å²) < 4.78 is 40.5. The van der Waals surface area contributed by atoms with E-state index >= 15 is 0 Å². The topological polar surface area (TPSA) is 66.5 Å². The number of hydrogen-bond acceptors (Lipinski definition) is 3. The third kappa shape index (κ3) is 4.45. The summed E-state index contributed by atoms with van der Waals surface area (Å²) >= 11 is 3.27. The molecule has 2 aromatic carbocycles. The minimum absolute atomic E-state index is 0.125. The molecular formula is C20H22BrFN2O3S. The lowest BCUT2D eigenvalue weighted by Crippen LogP contribution is -2.48. The molecule has 0 saturated heterocycles. The molecule has 2 aromatic rings. The zero-order valence-electron chi connectivity index (χ0n) is 15.5. The fourth-order valence-corrected chi connectivity index (χ4v) is 5.00. The van der Waals surface area contributed by atoms with E-state index in [-0.39, 0.29) is 23.2 Å². The van der Waals surface area contributed by atoms with E-state index in [9.17, 15) is 17.6 Å². The van der Waals surface area contributed by atoms with Crippen molar-refractivity contribution >= 4 is 31.9 Å². The van der Waals surface area contributed by atoms with Crippen LogP contribution in [0.25, 0.3) is 0 Å². The van der Waals surface area contributed by atoms with Crippen molar-refractivity contribution in [2.45, 2.75) is 36.1 Å². The number of nitrogens with one attached hydrogen (secondary N) is 1. The molecule has 3 rings (SSSR count). The van der Waals surface area contributed by atoms with Gasteiger partial charge in [0.25, 0.3) is 0 Å². The second kappa shape index (κ2) is 8.31. The molecule has 1 amide bonds. The maximum Gasteiger partial charge on any atom is 0.243 e. The molecule has 5 nitrogen and oxygen atoms in total. The number of carbonyl (C=O) groups excluding carboxylic acids is 1. The van der Waals surface area contributed by atoms with Crippen LogP contribution >= 0.6 is 15.9 Å². The van der Waals surface area contributed by atoms with Gasteiger partial charge in [-0.3, -0.25) is 4.79 Å². The van der Waals surface area contributed by atoms with Crippen molar-refractivity contribution in [1.82, 2.24) is 9.62 Å². The van der Waals surface area contributed by atoms with E-state index in [1.165, 1.54) is 31.3 Å². The average Bonchev–Trinajstić information content (AvgIpc) is 3.12. The van der Waals surface area contributed by atoms with Crippen LogP contribution in [-0.4, -0.2) is 32.2 Å². The van der Waals surface area contributed by atoms with Crippen LogP contribution < -0.4 is 5.32 Å². The van der Waals surface area contributed by atoms with Crippen LogP contribution in [-0.2, 0) is 20.4 Å². The molecule has 0 heterocycles.